The molecule has 0 aliphatic carbocycles. The van der Waals surface area contributed by atoms with Gasteiger partial charge in [-0.25, -0.2) is 5.84 Å². The summed E-state index contributed by atoms with van der Waals surface area (Å²) >= 11 is 7.95. The Balaban J connectivity index is 1.81. The minimum Gasteiger partial charge on any atom is -0.343 e. The maximum atomic E-state index is 6.21. The second-order valence-electron chi connectivity index (χ2n) is 6.51. The number of thiophene rings is 1. The lowest BCUT2D eigenvalue weighted by atomic mass is 9.99. The third kappa shape index (κ3) is 3.16. The molecule has 7 heteroatoms. The summed E-state index contributed by atoms with van der Waals surface area (Å²) < 4.78 is 3.50. The Kier molecular flexibility index (Phi) is 4.78. The number of benzene rings is 2. The summed E-state index contributed by atoms with van der Waals surface area (Å²) in [5.74, 6) is 11.6. The zero-order chi connectivity index (χ0) is 19.0. The number of hydrogen-bond donors (Lipinski definition) is 3. The highest BCUT2D eigenvalue weighted by Crippen LogP contribution is 2.32. The summed E-state index contributed by atoms with van der Waals surface area (Å²) in [6, 6.07) is 14.4. The molecule has 5 N–H and O–H groups in total. The molecule has 1 unspecified atom stereocenters. The summed E-state index contributed by atoms with van der Waals surface area (Å²) in [5.41, 5.74) is 6.15. The quantitative estimate of drug-likeness (QED) is 0.206. The van der Waals surface area contributed by atoms with Gasteiger partial charge in [0.1, 0.15) is 5.84 Å². The molecule has 4 aromatic rings. The van der Waals surface area contributed by atoms with Crippen molar-refractivity contribution in [2.24, 2.45) is 16.8 Å². The zero-order valence-corrected chi connectivity index (χ0v) is 16.4. The van der Waals surface area contributed by atoms with Crippen LogP contribution in [0.5, 0.6) is 0 Å². The van der Waals surface area contributed by atoms with Crippen molar-refractivity contribution in [1.29, 1.82) is 0 Å². The van der Waals surface area contributed by atoms with Crippen LogP contribution < -0.4 is 17.1 Å². The number of nitrogens with one attached hydrogen (secondary N) is 1. The molecule has 2 aromatic heterocycles. The van der Waals surface area contributed by atoms with Gasteiger partial charge in [0.25, 0.3) is 0 Å². The van der Waals surface area contributed by atoms with Crippen molar-refractivity contribution >= 4 is 49.8 Å². The SMILES string of the molecule is CC(/C(=N/N)NN)c1cn(Cc2csc3ccc(Cl)cc23)c2ccccc12. The summed E-state index contributed by atoms with van der Waals surface area (Å²) in [7, 11) is 0. The smallest absolute Gasteiger partial charge is 0.143 e. The Morgan fingerprint density at radius 3 is 2.85 bits per heavy atom. The molecule has 0 amide bonds. The first-order valence-corrected chi connectivity index (χ1v) is 9.86. The standard InChI is InChI=1S/C20H20ClN5S/c1-12(20(24-22)25-23)17-10-26(18-5-3-2-4-15(17)18)9-13-11-27-19-7-6-14(21)8-16(13)19/h2-8,10-12H,9,22-23H2,1H3,(H,24,25). The highest BCUT2D eigenvalue weighted by atomic mass is 35.5. The van der Waals surface area contributed by atoms with E-state index in [0.717, 1.165) is 22.6 Å². The van der Waals surface area contributed by atoms with Crippen molar-refractivity contribution in [3.05, 3.63) is 70.2 Å². The third-order valence-corrected chi connectivity index (χ3v) is 6.19. The predicted molar refractivity (Wildman–Crippen MR) is 115 cm³/mol. The van der Waals surface area contributed by atoms with E-state index in [-0.39, 0.29) is 5.92 Å². The zero-order valence-electron chi connectivity index (χ0n) is 14.8. The molecule has 2 heterocycles. The van der Waals surface area contributed by atoms with Crippen LogP contribution in [0.3, 0.4) is 0 Å². The third-order valence-electron chi connectivity index (χ3n) is 4.94. The molecule has 27 heavy (non-hydrogen) atoms. The van der Waals surface area contributed by atoms with Crippen LogP contribution in [0.2, 0.25) is 5.02 Å². The van der Waals surface area contributed by atoms with Crippen LogP contribution in [0.15, 0.2) is 59.1 Å². The van der Waals surface area contributed by atoms with Crippen molar-refractivity contribution in [3.8, 4) is 0 Å². The number of rotatable bonds is 4. The fourth-order valence-corrected chi connectivity index (χ4v) is 4.64. The van der Waals surface area contributed by atoms with Gasteiger partial charge in [-0.05, 0) is 46.2 Å². The molecule has 5 nitrogen and oxygen atoms in total. The molecule has 0 spiro atoms. The maximum Gasteiger partial charge on any atom is 0.143 e. The van der Waals surface area contributed by atoms with E-state index >= 15 is 0 Å². The van der Waals surface area contributed by atoms with Crippen molar-refractivity contribution in [2.45, 2.75) is 19.4 Å². The highest BCUT2D eigenvalue weighted by molar-refractivity contribution is 7.17. The molecule has 0 bridgehead atoms. The summed E-state index contributed by atoms with van der Waals surface area (Å²) in [6.45, 7) is 2.80. The molecule has 0 aliphatic heterocycles. The van der Waals surface area contributed by atoms with Crippen LogP contribution in [0.1, 0.15) is 24.0 Å². The van der Waals surface area contributed by atoms with Crippen molar-refractivity contribution in [1.82, 2.24) is 9.99 Å². The number of para-hydroxylation sites is 1. The lowest BCUT2D eigenvalue weighted by molar-refractivity contribution is 0.828. The normalized spacial score (nSPS) is 13.4. The van der Waals surface area contributed by atoms with E-state index in [4.69, 9.17) is 23.3 Å². The molecule has 0 saturated heterocycles. The van der Waals surface area contributed by atoms with E-state index < -0.39 is 0 Å². The van der Waals surface area contributed by atoms with Gasteiger partial charge in [-0.1, -0.05) is 36.7 Å². The first kappa shape index (κ1) is 17.9. The number of hydrazine groups is 1. The monoisotopic (exact) mass is 397 g/mol. The van der Waals surface area contributed by atoms with Crippen LogP contribution >= 0.6 is 22.9 Å². The van der Waals surface area contributed by atoms with E-state index in [1.165, 1.54) is 21.0 Å². The Morgan fingerprint density at radius 1 is 1.26 bits per heavy atom. The molecule has 138 valence electrons. The lowest BCUT2D eigenvalue weighted by Gasteiger charge is -2.12. The second-order valence-corrected chi connectivity index (χ2v) is 7.86. The van der Waals surface area contributed by atoms with E-state index in [1.54, 1.807) is 11.3 Å². The Labute approximate surface area is 166 Å². The molecule has 4 rings (SSSR count). The fourth-order valence-electron chi connectivity index (χ4n) is 3.53. The van der Waals surface area contributed by atoms with Gasteiger partial charge >= 0.3 is 0 Å². The van der Waals surface area contributed by atoms with Gasteiger partial charge < -0.3 is 15.8 Å². The topological polar surface area (TPSA) is 81.4 Å². The van der Waals surface area contributed by atoms with Crippen LogP contribution in [-0.4, -0.2) is 10.4 Å². The van der Waals surface area contributed by atoms with Gasteiger partial charge in [0, 0.05) is 39.3 Å². The van der Waals surface area contributed by atoms with Crippen LogP contribution in [0.25, 0.3) is 21.0 Å². The number of halogens is 1. The minimum absolute atomic E-state index is 0.0418. The van der Waals surface area contributed by atoms with E-state index in [9.17, 15) is 0 Å². The van der Waals surface area contributed by atoms with E-state index in [2.05, 4.69) is 50.9 Å². The van der Waals surface area contributed by atoms with Crippen molar-refractivity contribution in [3.63, 3.8) is 0 Å². The maximum absolute atomic E-state index is 6.21. The number of nitrogens with zero attached hydrogens (tertiary/aromatic N) is 2. The minimum atomic E-state index is -0.0418. The van der Waals surface area contributed by atoms with E-state index in [0.29, 0.717) is 5.84 Å². The Hall–Kier alpha value is -2.54. The van der Waals surface area contributed by atoms with Crippen LogP contribution in [0.4, 0.5) is 0 Å². The molecule has 0 radical (unpaired) electrons. The number of aromatic nitrogens is 1. The summed E-state index contributed by atoms with van der Waals surface area (Å²) in [4.78, 5) is 0. The molecule has 0 aliphatic rings. The average molecular weight is 398 g/mol. The van der Waals surface area contributed by atoms with E-state index in [1.807, 2.05) is 25.1 Å². The van der Waals surface area contributed by atoms with Crippen LogP contribution in [0, 0.1) is 0 Å². The molecule has 1 atom stereocenters. The number of amidine groups is 1. The Bertz CT molecular complexity index is 1140. The van der Waals surface area contributed by atoms with Crippen LogP contribution in [-0.2, 0) is 6.54 Å². The number of nitrogens with two attached hydrogens (primary N) is 2. The Morgan fingerprint density at radius 2 is 2.07 bits per heavy atom. The average Bonchev–Trinajstić information content (AvgIpc) is 3.25. The van der Waals surface area contributed by atoms with Crippen molar-refractivity contribution in [2.75, 3.05) is 0 Å². The summed E-state index contributed by atoms with van der Waals surface area (Å²) in [6.07, 6.45) is 2.16. The van der Waals surface area contributed by atoms with Gasteiger partial charge in [-0.2, -0.15) is 5.10 Å². The predicted octanol–water partition coefficient (Wildman–Crippen LogP) is 4.40. The van der Waals surface area contributed by atoms with Gasteiger partial charge in [0.05, 0.1) is 0 Å². The molecule has 0 fully saturated rings. The lowest BCUT2D eigenvalue weighted by Crippen LogP contribution is -2.35. The second kappa shape index (κ2) is 7.23. The summed E-state index contributed by atoms with van der Waals surface area (Å²) in [5, 5.41) is 9.11. The number of fused-ring (bicyclic) bond motifs is 2. The van der Waals surface area contributed by atoms with Gasteiger partial charge in [-0.15, -0.1) is 11.3 Å². The van der Waals surface area contributed by atoms with Gasteiger partial charge in [0.2, 0.25) is 0 Å². The largest absolute Gasteiger partial charge is 0.343 e. The van der Waals surface area contributed by atoms with Gasteiger partial charge in [0.15, 0.2) is 0 Å². The fraction of sp³-hybridized carbons (Fsp3) is 0.150. The van der Waals surface area contributed by atoms with Crippen molar-refractivity contribution < 1.29 is 0 Å². The first-order valence-electron chi connectivity index (χ1n) is 8.60. The number of hydrazone groups is 1. The molecular formula is C20H20ClN5S. The molecule has 0 saturated carbocycles. The molecular weight excluding hydrogens is 378 g/mol. The number of hydrogen-bond acceptors (Lipinski definition) is 4. The highest BCUT2D eigenvalue weighted by Gasteiger charge is 2.19. The van der Waals surface area contributed by atoms with Gasteiger partial charge in [-0.3, -0.25) is 0 Å². The molecule has 2 aromatic carbocycles. The first-order chi connectivity index (χ1) is 13.1.